The first-order valence-corrected chi connectivity index (χ1v) is 10.6. The SMILES string of the molecule is C=CC(=O)NCC1(C(=N)C2=C(N)C[C@@H](c3c(Cl)c(OC)cc(OC)c3Cl)CC2)CC1. The number of carbonyl (C=O) groups is 1. The molecule has 0 spiro atoms. The van der Waals surface area contributed by atoms with Gasteiger partial charge in [0.1, 0.15) is 11.5 Å². The summed E-state index contributed by atoms with van der Waals surface area (Å²) in [5.74, 6) is 0.782. The average Bonchev–Trinajstić information content (AvgIpc) is 3.53. The van der Waals surface area contributed by atoms with Gasteiger partial charge in [0.05, 0.1) is 24.3 Å². The summed E-state index contributed by atoms with van der Waals surface area (Å²) in [6, 6.07) is 1.67. The molecule has 162 valence electrons. The molecule has 0 aromatic heterocycles. The fourth-order valence-electron chi connectivity index (χ4n) is 4.08. The third-order valence-corrected chi connectivity index (χ3v) is 6.86. The number of carbonyl (C=O) groups excluding carboxylic acids is 1. The number of hydrogen-bond acceptors (Lipinski definition) is 5. The van der Waals surface area contributed by atoms with E-state index in [1.54, 1.807) is 20.3 Å². The number of rotatable bonds is 8. The van der Waals surface area contributed by atoms with Gasteiger partial charge >= 0.3 is 0 Å². The van der Waals surface area contributed by atoms with Crippen molar-refractivity contribution in [2.45, 2.75) is 38.0 Å². The fourth-order valence-corrected chi connectivity index (χ4v) is 4.89. The summed E-state index contributed by atoms with van der Waals surface area (Å²) >= 11 is 13.2. The van der Waals surface area contributed by atoms with Gasteiger partial charge in [-0.2, -0.15) is 0 Å². The zero-order valence-corrected chi connectivity index (χ0v) is 18.8. The van der Waals surface area contributed by atoms with Gasteiger partial charge < -0.3 is 25.9 Å². The van der Waals surface area contributed by atoms with E-state index < -0.39 is 0 Å². The number of nitrogens with two attached hydrogens (primary N) is 1. The Morgan fingerprint density at radius 1 is 1.33 bits per heavy atom. The highest BCUT2D eigenvalue weighted by Gasteiger charge is 2.48. The van der Waals surface area contributed by atoms with Crippen molar-refractivity contribution in [3.63, 3.8) is 0 Å². The molecule has 1 fully saturated rings. The summed E-state index contributed by atoms with van der Waals surface area (Å²) in [5, 5.41) is 12.5. The van der Waals surface area contributed by atoms with Crippen LogP contribution in [-0.2, 0) is 4.79 Å². The second-order valence-electron chi connectivity index (χ2n) is 7.84. The molecule has 30 heavy (non-hydrogen) atoms. The van der Waals surface area contributed by atoms with Gasteiger partial charge in [-0.15, -0.1) is 0 Å². The normalized spacial score (nSPS) is 19.8. The lowest BCUT2D eigenvalue weighted by Gasteiger charge is -2.30. The van der Waals surface area contributed by atoms with Gasteiger partial charge in [-0.25, -0.2) is 0 Å². The van der Waals surface area contributed by atoms with E-state index >= 15 is 0 Å². The van der Waals surface area contributed by atoms with E-state index in [4.69, 9.17) is 43.8 Å². The van der Waals surface area contributed by atoms with Crippen LogP contribution < -0.4 is 20.5 Å². The molecule has 6 nitrogen and oxygen atoms in total. The highest BCUT2D eigenvalue weighted by Crippen LogP contribution is 2.52. The van der Waals surface area contributed by atoms with E-state index in [1.165, 1.54) is 6.08 Å². The molecule has 2 aliphatic rings. The van der Waals surface area contributed by atoms with Crippen molar-refractivity contribution in [3.05, 3.63) is 45.6 Å². The Morgan fingerprint density at radius 3 is 2.40 bits per heavy atom. The first-order chi connectivity index (χ1) is 14.3. The number of allylic oxidation sites excluding steroid dienone is 2. The third kappa shape index (κ3) is 4.16. The van der Waals surface area contributed by atoms with Gasteiger partial charge in [0.15, 0.2) is 0 Å². The van der Waals surface area contributed by atoms with Crippen LogP contribution >= 0.6 is 23.2 Å². The van der Waals surface area contributed by atoms with Crippen LogP contribution in [0, 0.1) is 10.8 Å². The van der Waals surface area contributed by atoms with E-state index in [-0.39, 0.29) is 17.2 Å². The number of methoxy groups -OCH3 is 2. The van der Waals surface area contributed by atoms with Crippen molar-refractivity contribution in [1.29, 1.82) is 5.41 Å². The molecule has 0 aliphatic heterocycles. The number of nitrogens with one attached hydrogen (secondary N) is 2. The minimum Gasteiger partial charge on any atom is -0.495 e. The second-order valence-corrected chi connectivity index (χ2v) is 8.60. The number of hydrogen-bond donors (Lipinski definition) is 3. The number of benzene rings is 1. The van der Waals surface area contributed by atoms with E-state index in [2.05, 4.69) is 11.9 Å². The van der Waals surface area contributed by atoms with Gasteiger partial charge in [0.2, 0.25) is 5.91 Å². The topological polar surface area (TPSA) is 97.4 Å². The molecule has 3 rings (SSSR count). The smallest absolute Gasteiger partial charge is 0.243 e. The maximum atomic E-state index is 11.5. The number of ether oxygens (including phenoxy) is 2. The van der Waals surface area contributed by atoms with Gasteiger partial charge in [0.25, 0.3) is 0 Å². The molecule has 1 amide bonds. The van der Waals surface area contributed by atoms with Crippen molar-refractivity contribution in [3.8, 4) is 11.5 Å². The van der Waals surface area contributed by atoms with Crippen molar-refractivity contribution in [2.24, 2.45) is 11.1 Å². The molecule has 0 radical (unpaired) electrons. The Kier molecular flexibility index (Phi) is 6.68. The minimum absolute atomic E-state index is 0.00108. The highest BCUT2D eigenvalue weighted by molar-refractivity contribution is 6.38. The number of halogens is 2. The number of amides is 1. The van der Waals surface area contributed by atoms with Gasteiger partial charge in [-0.1, -0.05) is 29.8 Å². The lowest BCUT2D eigenvalue weighted by atomic mass is 9.78. The van der Waals surface area contributed by atoms with Gasteiger partial charge in [-0.3, -0.25) is 4.79 Å². The monoisotopic (exact) mass is 451 g/mol. The predicted octanol–water partition coefficient (Wildman–Crippen LogP) is 4.59. The molecular formula is C22H27Cl2N3O3. The van der Waals surface area contributed by atoms with Crippen LogP contribution in [0.15, 0.2) is 30.0 Å². The molecular weight excluding hydrogens is 425 g/mol. The quantitative estimate of drug-likeness (QED) is 0.397. The largest absolute Gasteiger partial charge is 0.495 e. The molecule has 1 aromatic carbocycles. The summed E-state index contributed by atoms with van der Waals surface area (Å²) in [4.78, 5) is 11.5. The van der Waals surface area contributed by atoms with Crippen LogP contribution in [0.3, 0.4) is 0 Å². The summed E-state index contributed by atoms with van der Waals surface area (Å²) in [5.41, 5.74) is 8.97. The second kappa shape index (κ2) is 8.90. The molecule has 2 aliphatic carbocycles. The van der Waals surface area contributed by atoms with Crippen molar-refractivity contribution in [1.82, 2.24) is 5.32 Å². The molecule has 1 atom stereocenters. The lowest BCUT2D eigenvalue weighted by Crippen LogP contribution is -2.35. The first-order valence-electron chi connectivity index (χ1n) is 9.85. The zero-order chi connectivity index (χ0) is 22.1. The molecule has 1 saturated carbocycles. The standard InChI is InChI=1S/C22H27Cl2N3O3/c1-4-17(28)27-11-22(7-8-22)21(26)13-6-5-12(9-14(13)25)18-19(23)15(29-2)10-16(30-3)20(18)24/h4,10,12,26H,1,5-9,11,25H2,2-3H3,(H,27,28)/t12-/m0/s1. The molecule has 1 aromatic rings. The highest BCUT2D eigenvalue weighted by atomic mass is 35.5. The maximum absolute atomic E-state index is 11.5. The van der Waals surface area contributed by atoms with Crippen LogP contribution in [0.5, 0.6) is 11.5 Å². The summed E-state index contributed by atoms with van der Waals surface area (Å²) < 4.78 is 10.8. The minimum atomic E-state index is -0.320. The van der Waals surface area contributed by atoms with Crippen LogP contribution in [0.25, 0.3) is 0 Å². The van der Waals surface area contributed by atoms with Crippen molar-refractivity contribution < 1.29 is 14.3 Å². The van der Waals surface area contributed by atoms with Crippen LogP contribution in [0.1, 0.15) is 43.6 Å². The molecule has 4 N–H and O–H groups in total. The lowest BCUT2D eigenvalue weighted by molar-refractivity contribution is -0.116. The van der Waals surface area contributed by atoms with Gasteiger partial charge in [-0.05, 0) is 49.7 Å². The van der Waals surface area contributed by atoms with Crippen LogP contribution in [-0.4, -0.2) is 32.4 Å². The molecule has 0 bridgehead atoms. The predicted molar refractivity (Wildman–Crippen MR) is 120 cm³/mol. The Hall–Kier alpha value is -2.18. The van der Waals surface area contributed by atoms with E-state index in [0.717, 1.165) is 30.4 Å². The average molecular weight is 452 g/mol. The summed E-state index contributed by atoms with van der Waals surface area (Å²) in [7, 11) is 3.10. The third-order valence-electron chi connectivity index (χ3n) is 6.08. The summed E-state index contributed by atoms with van der Waals surface area (Å²) in [6.07, 6.45) is 4.93. The maximum Gasteiger partial charge on any atom is 0.243 e. The van der Waals surface area contributed by atoms with Crippen molar-refractivity contribution >= 4 is 34.8 Å². The van der Waals surface area contributed by atoms with Gasteiger partial charge in [0, 0.05) is 35.0 Å². The van der Waals surface area contributed by atoms with Crippen LogP contribution in [0.4, 0.5) is 0 Å². The van der Waals surface area contributed by atoms with Crippen molar-refractivity contribution in [2.75, 3.05) is 20.8 Å². The molecule has 8 heteroatoms. The first kappa shape index (κ1) is 22.5. The van der Waals surface area contributed by atoms with Crippen LogP contribution in [0.2, 0.25) is 10.0 Å². The Morgan fingerprint density at radius 2 is 1.93 bits per heavy atom. The molecule has 0 saturated heterocycles. The fraction of sp³-hybridized carbons (Fsp3) is 0.455. The molecule has 0 heterocycles. The summed E-state index contributed by atoms with van der Waals surface area (Å²) in [6.45, 7) is 3.90. The Bertz CT molecular complexity index is 894. The molecule has 0 unspecified atom stereocenters. The van der Waals surface area contributed by atoms with E-state index in [0.29, 0.717) is 52.3 Å². The van der Waals surface area contributed by atoms with E-state index in [1.807, 2.05) is 0 Å². The van der Waals surface area contributed by atoms with E-state index in [9.17, 15) is 4.79 Å². The zero-order valence-electron chi connectivity index (χ0n) is 17.2. The Balaban J connectivity index is 1.84. The Labute approximate surface area is 186 Å².